The minimum atomic E-state index is -0.350. The van der Waals surface area contributed by atoms with Crippen LogP contribution >= 0.6 is 0 Å². The number of ether oxygens (including phenoxy) is 2. The maximum absolute atomic E-state index is 11.8. The molecule has 1 aliphatic heterocycles. The summed E-state index contributed by atoms with van der Waals surface area (Å²) in [6, 6.07) is 0. The molecule has 0 amide bonds. The van der Waals surface area contributed by atoms with E-state index in [2.05, 4.69) is 12.7 Å². The van der Waals surface area contributed by atoms with Gasteiger partial charge in [0.15, 0.2) is 0 Å². The molecule has 114 valence electrons. The number of esters is 2. The number of fused-ring (bicyclic) bond motifs is 1. The van der Waals surface area contributed by atoms with Crippen molar-refractivity contribution in [3.8, 4) is 0 Å². The summed E-state index contributed by atoms with van der Waals surface area (Å²) in [6.07, 6.45) is 5.80. The Hall–Kier alpha value is -1.84. The van der Waals surface area contributed by atoms with Crippen LogP contribution in [0.2, 0.25) is 0 Å². The molecule has 0 bridgehead atoms. The molecule has 0 N–H and O–H groups in total. The average molecular weight is 290 g/mol. The Labute approximate surface area is 125 Å². The van der Waals surface area contributed by atoms with Gasteiger partial charge in [-0.05, 0) is 44.8 Å². The van der Waals surface area contributed by atoms with Gasteiger partial charge in [-0.15, -0.1) is 0 Å². The van der Waals surface area contributed by atoms with Crippen molar-refractivity contribution in [2.75, 3.05) is 0 Å². The van der Waals surface area contributed by atoms with E-state index in [1.54, 1.807) is 0 Å². The van der Waals surface area contributed by atoms with Gasteiger partial charge in [-0.2, -0.15) is 0 Å². The highest BCUT2D eigenvalue weighted by Crippen LogP contribution is 2.35. The van der Waals surface area contributed by atoms with Crippen molar-refractivity contribution in [2.24, 2.45) is 5.92 Å². The second-order valence-corrected chi connectivity index (χ2v) is 5.84. The van der Waals surface area contributed by atoms with Crippen molar-refractivity contribution in [3.63, 3.8) is 0 Å². The first kappa shape index (κ1) is 15.5. The monoisotopic (exact) mass is 290 g/mol. The fourth-order valence-corrected chi connectivity index (χ4v) is 2.84. The van der Waals surface area contributed by atoms with Gasteiger partial charge in [-0.3, -0.25) is 4.79 Å². The van der Waals surface area contributed by atoms with E-state index in [4.69, 9.17) is 9.47 Å². The summed E-state index contributed by atoms with van der Waals surface area (Å²) in [5, 5.41) is 0. The van der Waals surface area contributed by atoms with Crippen LogP contribution in [0.1, 0.15) is 40.0 Å². The standard InChI is InChI=1S/C17H22O4/c1-10-6-5-7-11(2)15(20-13(4)18)9-14-12(3)17(19)21-16(14)8-10/h7-8,14-16H,3,5-6,9H2,1-2,4H3. The fraction of sp³-hybridized carbons (Fsp3) is 0.529. The Morgan fingerprint density at radius 1 is 1.43 bits per heavy atom. The lowest BCUT2D eigenvalue weighted by atomic mass is 9.86. The number of carbonyl (C=O) groups is 2. The van der Waals surface area contributed by atoms with Gasteiger partial charge in [-0.1, -0.05) is 18.2 Å². The topological polar surface area (TPSA) is 52.6 Å². The first-order valence-electron chi connectivity index (χ1n) is 7.29. The van der Waals surface area contributed by atoms with Crippen LogP contribution in [-0.4, -0.2) is 24.1 Å². The molecule has 0 aromatic rings. The average Bonchev–Trinajstić information content (AvgIpc) is 2.64. The third-order valence-electron chi connectivity index (χ3n) is 4.09. The maximum Gasteiger partial charge on any atom is 0.334 e. The van der Waals surface area contributed by atoms with E-state index in [1.807, 2.05) is 19.9 Å². The van der Waals surface area contributed by atoms with Crippen LogP contribution in [0.4, 0.5) is 0 Å². The van der Waals surface area contributed by atoms with Gasteiger partial charge < -0.3 is 9.47 Å². The molecule has 1 fully saturated rings. The van der Waals surface area contributed by atoms with Gasteiger partial charge in [0, 0.05) is 18.4 Å². The zero-order chi connectivity index (χ0) is 15.6. The van der Waals surface area contributed by atoms with Crippen molar-refractivity contribution in [1.82, 2.24) is 0 Å². The molecule has 0 spiro atoms. The molecule has 2 rings (SSSR count). The van der Waals surface area contributed by atoms with Gasteiger partial charge in [0.05, 0.1) is 0 Å². The zero-order valence-corrected chi connectivity index (χ0v) is 12.8. The van der Waals surface area contributed by atoms with Crippen molar-refractivity contribution < 1.29 is 19.1 Å². The second kappa shape index (κ2) is 6.29. The van der Waals surface area contributed by atoms with Crippen molar-refractivity contribution in [2.45, 2.75) is 52.2 Å². The normalized spacial score (nSPS) is 30.0. The Bertz CT molecular complexity index is 527. The number of carbonyl (C=O) groups excluding carboxylic acids is 2. The van der Waals surface area contributed by atoms with E-state index in [0.717, 1.165) is 18.4 Å². The van der Waals surface area contributed by atoms with E-state index >= 15 is 0 Å². The lowest BCUT2D eigenvalue weighted by molar-refractivity contribution is -0.145. The summed E-state index contributed by atoms with van der Waals surface area (Å²) in [4.78, 5) is 23.1. The third-order valence-corrected chi connectivity index (χ3v) is 4.09. The van der Waals surface area contributed by atoms with E-state index in [1.165, 1.54) is 12.5 Å². The van der Waals surface area contributed by atoms with Crippen LogP contribution < -0.4 is 0 Å². The van der Waals surface area contributed by atoms with Crippen LogP contribution in [0.15, 0.2) is 35.5 Å². The molecule has 4 heteroatoms. The fourth-order valence-electron chi connectivity index (χ4n) is 2.84. The Balaban J connectivity index is 2.31. The number of hydrogen-bond acceptors (Lipinski definition) is 4. The van der Waals surface area contributed by atoms with Gasteiger partial charge in [0.25, 0.3) is 0 Å². The lowest BCUT2D eigenvalue weighted by Crippen LogP contribution is -2.26. The summed E-state index contributed by atoms with van der Waals surface area (Å²) in [7, 11) is 0. The molecule has 1 aliphatic carbocycles. The summed E-state index contributed by atoms with van der Waals surface area (Å²) >= 11 is 0. The van der Waals surface area contributed by atoms with E-state index in [-0.39, 0.29) is 30.1 Å². The third kappa shape index (κ3) is 3.63. The molecule has 0 aromatic carbocycles. The molecule has 1 heterocycles. The number of rotatable bonds is 1. The van der Waals surface area contributed by atoms with Gasteiger partial charge in [0.1, 0.15) is 12.2 Å². The molecule has 3 atom stereocenters. The van der Waals surface area contributed by atoms with Gasteiger partial charge in [-0.25, -0.2) is 4.79 Å². The Morgan fingerprint density at radius 2 is 2.14 bits per heavy atom. The minimum Gasteiger partial charge on any atom is -0.458 e. The highest BCUT2D eigenvalue weighted by molar-refractivity contribution is 5.91. The molecule has 0 radical (unpaired) electrons. The van der Waals surface area contributed by atoms with Crippen LogP contribution in [0.5, 0.6) is 0 Å². The minimum absolute atomic E-state index is 0.141. The van der Waals surface area contributed by atoms with Crippen LogP contribution in [-0.2, 0) is 19.1 Å². The van der Waals surface area contributed by atoms with Crippen molar-refractivity contribution in [3.05, 3.63) is 35.5 Å². The lowest BCUT2D eigenvalue weighted by Gasteiger charge is -2.24. The smallest absolute Gasteiger partial charge is 0.334 e. The molecule has 21 heavy (non-hydrogen) atoms. The largest absolute Gasteiger partial charge is 0.458 e. The number of allylic oxidation sites excluding steroid dienone is 2. The van der Waals surface area contributed by atoms with Gasteiger partial charge >= 0.3 is 11.9 Å². The molecule has 2 aliphatic rings. The zero-order valence-electron chi connectivity index (χ0n) is 12.8. The summed E-state index contributed by atoms with van der Waals surface area (Å²) in [5.41, 5.74) is 2.68. The molecular weight excluding hydrogens is 268 g/mol. The van der Waals surface area contributed by atoms with Crippen LogP contribution in [0, 0.1) is 5.92 Å². The molecule has 4 nitrogen and oxygen atoms in total. The molecule has 0 aromatic heterocycles. The van der Waals surface area contributed by atoms with E-state index in [9.17, 15) is 9.59 Å². The molecule has 3 unspecified atom stereocenters. The van der Waals surface area contributed by atoms with Gasteiger partial charge in [0.2, 0.25) is 0 Å². The van der Waals surface area contributed by atoms with Crippen molar-refractivity contribution >= 4 is 11.9 Å². The highest BCUT2D eigenvalue weighted by Gasteiger charge is 2.39. The van der Waals surface area contributed by atoms with Crippen LogP contribution in [0.25, 0.3) is 0 Å². The predicted molar refractivity (Wildman–Crippen MR) is 79.4 cm³/mol. The quantitative estimate of drug-likeness (QED) is 0.423. The number of hydrogen-bond donors (Lipinski definition) is 0. The van der Waals surface area contributed by atoms with Crippen molar-refractivity contribution in [1.29, 1.82) is 0 Å². The maximum atomic E-state index is 11.8. The highest BCUT2D eigenvalue weighted by atomic mass is 16.6. The summed E-state index contributed by atoms with van der Waals surface area (Å²) in [5.74, 6) is -0.807. The Kier molecular flexibility index (Phi) is 4.66. The SMILES string of the molecule is C=C1C(=O)OC2C=C(C)CCC=C(C)C(OC(C)=O)CC12. The first-order valence-corrected chi connectivity index (χ1v) is 7.29. The van der Waals surface area contributed by atoms with E-state index in [0.29, 0.717) is 12.0 Å². The first-order chi connectivity index (χ1) is 9.88. The Morgan fingerprint density at radius 3 is 2.81 bits per heavy atom. The predicted octanol–water partition coefficient (Wildman–Crippen LogP) is 3.09. The molecular formula is C17H22O4. The van der Waals surface area contributed by atoms with Crippen LogP contribution in [0.3, 0.4) is 0 Å². The molecule has 0 saturated carbocycles. The second-order valence-electron chi connectivity index (χ2n) is 5.84. The molecule has 1 saturated heterocycles. The summed E-state index contributed by atoms with van der Waals surface area (Å²) in [6.45, 7) is 9.25. The van der Waals surface area contributed by atoms with E-state index < -0.39 is 0 Å². The summed E-state index contributed by atoms with van der Waals surface area (Å²) < 4.78 is 10.8.